The van der Waals surface area contributed by atoms with E-state index in [4.69, 9.17) is 16.3 Å². The molecule has 0 bridgehead atoms. The number of nitrogens with zero attached hydrogens (tertiary/aromatic N) is 1. The number of carbonyl (C=O) groups excluding carboxylic acids is 2. The average molecular weight is 482 g/mol. The molecule has 4 rings (SSSR count). The average Bonchev–Trinajstić information content (AvgIpc) is 3.05. The number of phenolic OH excluding ortho intramolecular Hbond substituents is 1. The van der Waals surface area contributed by atoms with Gasteiger partial charge in [0.05, 0.1) is 29.3 Å². The number of aliphatic hydroxyl groups is 1. The molecule has 1 atom stereocenters. The number of hydrogen-bond donors (Lipinski definition) is 2. The summed E-state index contributed by atoms with van der Waals surface area (Å²) in [6.07, 6.45) is 0. The van der Waals surface area contributed by atoms with Gasteiger partial charge in [-0.3, -0.25) is 14.5 Å². The maximum atomic E-state index is 14.1. The number of methoxy groups -OCH3 is 1. The molecule has 1 heterocycles. The number of ether oxygens (including phenoxy) is 1. The van der Waals surface area contributed by atoms with Crippen molar-refractivity contribution in [2.24, 2.45) is 0 Å². The van der Waals surface area contributed by atoms with E-state index in [2.05, 4.69) is 0 Å². The van der Waals surface area contributed by atoms with Gasteiger partial charge in [0.25, 0.3) is 11.7 Å². The third-order valence-electron chi connectivity index (χ3n) is 5.63. The first kappa shape index (κ1) is 23.3. The monoisotopic (exact) mass is 481 g/mol. The fraction of sp³-hybridized carbons (Fsp3) is 0.154. The summed E-state index contributed by atoms with van der Waals surface area (Å²) < 4.78 is 19.3. The van der Waals surface area contributed by atoms with Crippen LogP contribution in [0.25, 0.3) is 5.76 Å². The molecule has 2 N–H and O–H groups in total. The predicted molar refractivity (Wildman–Crippen MR) is 127 cm³/mol. The van der Waals surface area contributed by atoms with Crippen molar-refractivity contribution < 1.29 is 28.9 Å². The topological polar surface area (TPSA) is 87.1 Å². The van der Waals surface area contributed by atoms with Crippen LogP contribution in [-0.2, 0) is 9.59 Å². The van der Waals surface area contributed by atoms with Crippen LogP contribution in [-0.4, -0.2) is 29.0 Å². The normalized spacial score (nSPS) is 17.3. The number of carbonyl (C=O) groups is 2. The maximum Gasteiger partial charge on any atom is 0.300 e. The maximum absolute atomic E-state index is 14.1. The van der Waals surface area contributed by atoms with Crippen LogP contribution in [0, 0.1) is 19.7 Å². The van der Waals surface area contributed by atoms with Crippen molar-refractivity contribution in [2.75, 3.05) is 12.0 Å². The second-order valence-corrected chi connectivity index (χ2v) is 8.48. The zero-order valence-electron chi connectivity index (χ0n) is 18.6. The van der Waals surface area contributed by atoms with Gasteiger partial charge in [0.2, 0.25) is 0 Å². The van der Waals surface area contributed by atoms with Gasteiger partial charge >= 0.3 is 0 Å². The van der Waals surface area contributed by atoms with E-state index >= 15 is 0 Å². The summed E-state index contributed by atoms with van der Waals surface area (Å²) in [5.74, 6) is -3.11. The van der Waals surface area contributed by atoms with Gasteiger partial charge in [-0.25, -0.2) is 4.39 Å². The van der Waals surface area contributed by atoms with Gasteiger partial charge in [-0.15, -0.1) is 0 Å². The SMILES string of the molecule is COc1ccc(F)cc1/C(O)=C1\C(=O)C(=O)N(c2cc(C)cc(C)c2)C1c1ccc(O)c(Cl)c1. The fourth-order valence-electron chi connectivity index (χ4n) is 4.21. The Balaban J connectivity index is 2.03. The molecule has 8 heteroatoms. The fourth-order valence-corrected chi connectivity index (χ4v) is 4.40. The Morgan fingerprint density at radius 3 is 2.32 bits per heavy atom. The van der Waals surface area contributed by atoms with Crippen LogP contribution in [0.4, 0.5) is 10.1 Å². The quantitative estimate of drug-likeness (QED) is 0.294. The van der Waals surface area contributed by atoms with Crippen LogP contribution in [0.3, 0.4) is 0 Å². The van der Waals surface area contributed by atoms with Crippen molar-refractivity contribution in [1.29, 1.82) is 0 Å². The molecule has 1 unspecified atom stereocenters. The van der Waals surface area contributed by atoms with Crippen LogP contribution >= 0.6 is 11.6 Å². The molecule has 174 valence electrons. The molecule has 1 fully saturated rings. The molecule has 3 aromatic rings. The number of hydrogen-bond acceptors (Lipinski definition) is 5. The molecular formula is C26H21ClFNO5. The van der Waals surface area contributed by atoms with Gasteiger partial charge in [0.15, 0.2) is 0 Å². The zero-order valence-corrected chi connectivity index (χ0v) is 19.4. The Morgan fingerprint density at radius 2 is 1.71 bits per heavy atom. The third-order valence-corrected chi connectivity index (χ3v) is 5.94. The Hall–Kier alpha value is -3.84. The number of halogens is 2. The lowest BCUT2D eigenvalue weighted by atomic mass is 9.94. The van der Waals surface area contributed by atoms with Crippen molar-refractivity contribution in [1.82, 2.24) is 0 Å². The summed E-state index contributed by atoms with van der Waals surface area (Å²) in [5.41, 5.74) is 2.22. The number of benzene rings is 3. The highest BCUT2D eigenvalue weighted by atomic mass is 35.5. The van der Waals surface area contributed by atoms with Gasteiger partial charge in [-0.1, -0.05) is 23.7 Å². The number of anilines is 1. The van der Waals surface area contributed by atoms with E-state index in [1.54, 1.807) is 12.1 Å². The highest BCUT2D eigenvalue weighted by Gasteiger charge is 2.47. The van der Waals surface area contributed by atoms with E-state index < -0.39 is 29.3 Å². The van der Waals surface area contributed by atoms with Crippen LogP contribution < -0.4 is 9.64 Å². The first-order chi connectivity index (χ1) is 16.1. The first-order valence-electron chi connectivity index (χ1n) is 10.3. The van der Waals surface area contributed by atoms with Crippen molar-refractivity contribution in [2.45, 2.75) is 19.9 Å². The van der Waals surface area contributed by atoms with Crippen molar-refractivity contribution in [3.8, 4) is 11.5 Å². The van der Waals surface area contributed by atoms with Gasteiger partial charge in [0, 0.05) is 5.69 Å². The summed E-state index contributed by atoms with van der Waals surface area (Å²) in [4.78, 5) is 27.8. The molecule has 34 heavy (non-hydrogen) atoms. The largest absolute Gasteiger partial charge is 0.507 e. The standard InChI is InChI=1S/C26H21ClFNO5/c1-13-8-14(2)10-17(9-13)29-23(15-4-6-20(30)19(27)11-15)22(25(32)26(29)33)24(31)18-12-16(28)5-7-21(18)34-3/h4-12,23,30-31H,1-3H3/b24-22+. The summed E-state index contributed by atoms with van der Waals surface area (Å²) in [6.45, 7) is 3.72. The zero-order chi connectivity index (χ0) is 24.7. The van der Waals surface area contributed by atoms with Crippen LogP contribution in [0.1, 0.15) is 28.3 Å². The van der Waals surface area contributed by atoms with Gasteiger partial charge in [-0.05, 0) is 73.0 Å². The van der Waals surface area contributed by atoms with Gasteiger partial charge < -0.3 is 14.9 Å². The molecule has 1 aliphatic heterocycles. The summed E-state index contributed by atoms with van der Waals surface area (Å²) in [7, 11) is 1.34. The number of amides is 1. The molecule has 6 nitrogen and oxygen atoms in total. The molecule has 0 spiro atoms. The second kappa shape index (κ2) is 8.83. The van der Waals surface area contributed by atoms with Gasteiger partial charge in [-0.2, -0.15) is 0 Å². The number of ketones is 1. The number of aromatic hydroxyl groups is 1. The summed E-state index contributed by atoms with van der Waals surface area (Å²) in [6, 6.07) is 12.1. The Bertz CT molecular complexity index is 1350. The van der Waals surface area contributed by atoms with Crippen LogP contribution in [0.5, 0.6) is 11.5 Å². The summed E-state index contributed by atoms with van der Waals surface area (Å²) >= 11 is 6.14. The lowest BCUT2D eigenvalue weighted by Gasteiger charge is -2.26. The third kappa shape index (κ3) is 3.99. The second-order valence-electron chi connectivity index (χ2n) is 8.07. The van der Waals surface area contributed by atoms with E-state index in [1.165, 1.54) is 36.3 Å². The molecule has 0 aromatic heterocycles. The lowest BCUT2D eigenvalue weighted by Crippen LogP contribution is -2.29. The Labute approximate surface area is 200 Å². The highest BCUT2D eigenvalue weighted by molar-refractivity contribution is 6.51. The lowest BCUT2D eigenvalue weighted by molar-refractivity contribution is -0.132. The van der Waals surface area contributed by atoms with Gasteiger partial charge in [0.1, 0.15) is 23.1 Å². The molecule has 0 saturated carbocycles. The van der Waals surface area contributed by atoms with E-state index in [0.717, 1.165) is 23.3 Å². The van der Waals surface area contributed by atoms with E-state index in [9.17, 15) is 24.2 Å². The highest BCUT2D eigenvalue weighted by Crippen LogP contribution is 2.44. The van der Waals surface area contributed by atoms with Crippen LogP contribution in [0.15, 0.2) is 60.2 Å². The van der Waals surface area contributed by atoms with Crippen LogP contribution in [0.2, 0.25) is 5.02 Å². The molecule has 1 aliphatic rings. The minimum absolute atomic E-state index is 0.00634. The smallest absolute Gasteiger partial charge is 0.300 e. The summed E-state index contributed by atoms with van der Waals surface area (Å²) in [5, 5.41) is 21.1. The number of aliphatic hydroxyl groups excluding tert-OH is 1. The first-order valence-corrected chi connectivity index (χ1v) is 10.7. The molecular weight excluding hydrogens is 461 g/mol. The number of aryl methyl sites for hydroxylation is 2. The van der Waals surface area contributed by atoms with Crippen molar-refractivity contribution in [3.05, 3.63) is 93.3 Å². The minimum atomic E-state index is -1.09. The molecule has 1 amide bonds. The minimum Gasteiger partial charge on any atom is -0.507 e. The van der Waals surface area contributed by atoms with Crippen molar-refractivity contribution >= 4 is 34.7 Å². The van der Waals surface area contributed by atoms with E-state index in [0.29, 0.717) is 11.3 Å². The molecule has 3 aromatic carbocycles. The Morgan fingerprint density at radius 1 is 1.03 bits per heavy atom. The number of Topliss-reactive ketones (excluding diaryl/α,β-unsaturated/α-hetero) is 1. The number of phenols is 1. The predicted octanol–water partition coefficient (Wildman–Crippen LogP) is 5.44. The molecule has 0 radical (unpaired) electrons. The van der Waals surface area contributed by atoms with E-state index in [1.807, 2.05) is 19.9 Å². The van der Waals surface area contributed by atoms with Crippen molar-refractivity contribution in [3.63, 3.8) is 0 Å². The molecule has 0 aliphatic carbocycles. The van der Waals surface area contributed by atoms with E-state index in [-0.39, 0.29) is 27.7 Å². The Kier molecular flexibility index (Phi) is 6.06. The number of rotatable bonds is 4. The molecule has 1 saturated heterocycles.